The van der Waals surface area contributed by atoms with E-state index in [-0.39, 0.29) is 19.1 Å². The predicted octanol–water partition coefficient (Wildman–Crippen LogP) is 8.04. The van der Waals surface area contributed by atoms with Gasteiger partial charge in [0, 0.05) is 25.1 Å². The number of aliphatic imine (C=N–C) groups is 1. The van der Waals surface area contributed by atoms with Gasteiger partial charge in [0.15, 0.2) is 0 Å². The topological polar surface area (TPSA) is 204 Å². The lowest BCUT2D eigenvalue weighted by Gasteiger charge is -2.22. The highest BCUT2D eigenvalue weighted by molar-refractivity contribution is 6.01. The lowest BCUT2D eigenvalue weighted by Crippen LogP contribution is -2.47. The van der Waals surface area contributed by atoms with Gasteiger partial charge in [-0.25, -0.2) is 9.59 Å². The van der Waals surface area contributed by atoms with Gasteiger partial charge < -0.3 is 45.6 Å². The second kappa shape index (κ2) is 23.8. The number of alkyl carbamates (subject to hydrolysis) is 2. The number of amides is 2. The van der Waals surface area contributed by atoms with Gasteiger partial charge >= 0.3 is 12.2 Å². The summed E-state index contributed by atoms with van der Waals surface area (Å²) in [6, 6.07) is 28.4. The normalized spacial score (nSPS) is 11.3. The molecule has 0 atom stereocenters. The quantitative estimate of drug-likeness (QED) is 0.0327. The van der Waals surface area contributed by atoms with Gasteiger partial charge in [0.2, 0.25) is 5.96 Å². The Hall–Kier alpha value is -5.83. The molecule has 4 aromatic carbocycles. The van der Waals surface area contributed by atoms with E-state index in [0.29, 0.717) is 75.3 Å². The number of benzene rings is 4. The molecule has 0 unspecified atom stereocenters. The molecular formula is C47H64N6O8. The lowest BCUT2D eigenvalue weighted by molar-refractivity contribution is 0.0545. The number of nitrogens with two attached hydrogens (primary N) is 3. The molecule has 0 saturated carbocycles. The van der Waals surface area contributed by atoms with E-state index in [9.17, 15) is 9.59 Å². The first kappa shape index (κ1) is 47.8. The van der Waals surface area contributed by atoms with Crippen molar-refractivity contribution in [3.05, 3.63) is 84.9 Å². The Kier molecular flexibility index (Phi) is 18.7. The SMILES string of the molecule is CC(C)(C)OC(=O)NC(=NCCCOc1cc(OCCCN)cc(-c2cc(-c3ccccc3)cc(-c3cc(OCCCN)cc(OCCCN)c3)c2)c1)NC(=O)OC(C)(C)C. The molecule has 0 aliphatic rings. The highest BCUT2D eigenvalue weighted by atomic mass is 16.6. The second-order valence-corrected chi connectivity index (χ2v) is 16.2. The van der Waals surface area contributed by atoms with Crippen LogP contribution in [0.5, 0.6) is 23.0 Å². The number of hydrogen-bond acceptors (Lipinski definition) is 12. The summed E-state index contributed by atoms with van der Waals surface area (Å²) in [5.41, 5.74) is 21.5. The van der Waals surface area contributed by atoms with Gasteiger partial charge in [-0.3, -0.25) is 15.6 Å². The molecule has 0 spiro atoms. The van der Waals surface area contributed by atoms with Crippen LogP contribution in [-0.2, 0) is 9.47 Å². The van der Waals surface area contributed by atoms with Crippen molar-refractivity contribution in [2.45, 2.75) is 78.4 Å². The van der Waals surface area contributed by atoms with E-state index in [2.05, 4.69) is 46.0 Å². The lowest BCUT2D eigenvalue weighted by atomic mass is 9.93. The van der Waals surface area contributed by atoms with E-state index in [1.165, 1.54) is 0 Å². The van der Waals surface area contributed by atoms with E-state index in [1.54, 1.807) is 41.5 Å². The summed E-state index contributed by atoms with van der Waals surface area (Å²) < 4.78 is 35.4. The fourth-order valence-electron chi connectivity index (χ4n) is 5.74. The molecule has 2 amide bonds. The summed E-state index contributed by atoms with van der Waals surface area (Å²) in [5.74, 6) is 2.48. The van der Waals surface area contributed by atoms with Crippen molar-refractivity contribution in [2.24, 2.45) is 22.2 Å². The minimum Gasteiger partial charge on any atom is -0.493 e. The zero-order valence-electron chi connectivity index (χ0n) is 36.5. The van der Waals surface area contributed by atoms with E-state index in [1.807, 2.05) is 54.6 Å². The summed E-state index contributed by atoms with van der Waals surface area (Å²) in [6.07, 6.45) is 1.03. The largest absolute Gasteiger partial charge is 0.493 e. The monoisotopic (exact) mass is 840 g/mol. The number of carbonyl (C=O) groups excluding carboxylic acids is 2. The Bertz CT molecular complexity index is 1970. The average Bonchev–Trinajstić information content (AvgIpc) is 3.19. The fraction of sp³-hybridized carbons (Fsp3) is 0.426. The van der Waals surface area contributed by atoms with Crippen LogP contribution < -0.4 is 46.8 Å². The van der Waals surface area contributed by atoms with Gasteiger partial charge in [0.25, 0.3) is 0 Å². The van der Waals surface area contributed by atoms with Gasteiger partial charge in [0.1, 0.15) is 34.2 Å². The molecule has 14 heteroatoms. The van der Waals surface area contributed by atoms with Crippen molar-refractivity contribution in [3.63, 3.8) is 0 Å². The molecule has 61 heavy (non-hydrogen) atoms. The smallest absolute Gasteiger partial charge is 0.414 e. The Morgan fingerprint density at radius 1 is 0.492 bits per heavy atom. The number of rotatable bonds is 20. The first-order chi connectivity index (χ1) is 29.1. The van der Waals surface area contributed by atoms with Crippen LogP contribution in [0.3, 0.4) is 0 Å². The van der Waals surface area contributed by atoms with Crippen molar-refractivity contribution in [2.75, 3.05) is 52.6 Å². The molecule has 0 aromatic heterocycles. The Balaban J connectivity index is 1.66. The maximum atomic E-state index is 12.5. The van der Waals surface area contributed by atoms with Crippen molar-refractivity contribution in [1.82, 2.24) is 10.6 Å². The van der Waals surface area contributed by atoms with Crippen LogP contribution >= 0.6 is 0 Å². The predicted molar refractivity (Wildman–Crippen MR) is 241 cm³/mol. The molecule has 4 aromatic rings. The highest BCUT2D eigenvalue weighted by Gasteiger charge is 2.21. The van der Waals surface area contributed by atoms with Crippen molar-refractivity contribution < 1.29 is 38.0 Å². The minimum absolute atomic E-state index is 0.0999. The van der Waals surface area contributed by atoms with Gasteiger partial charge in [0.05, 0.1) is 26.4 Å². The minimum atomic E-state index is -0.767. The molecule has 4 rings (SSSR count). The average molecular weight is 841 g/mol. The molecule has 0 aliphatic heterocycles. The zero-order valence-corrected chi connectivity index (χ0v) is 36.5. The van der Waals surface area contributed by atoms with Crippen LogP contribution in [0.2, 0.25) is 0 Å². The van der Waals surface area contributed by atoms with Crippen LogP contribution in [0.1, 0.15) is 67.2 Å². The van der Waals surface area contributed by atoms with Crippen molar-refractivity contribution >= 4 is 18.1 Å². The van der Waals surface area contributed by atoms with Crippen LogP contribution in [0.25, 0.3) is 33.4 Å². The number of hydrogen-bond donors (Lipinski definition) is 5. The van der Waals surface area contributed by atoms with Crippen LogP contribution in [0.15, 0.2) is 89.9 Å². The Morgan fingerprint density at radius 3 is 1.20 bits per heavy atom. The van der Waals surface area contributed by atoms with Gasteiger partial charge in [-0.1, -0.05) is 30.3 Å². The van der Waals surface area contributed by atoms with E-state index >= 15 is 0 Å². The van der Waals surface area contributed by atoms with Gasteiger partial charge in [-0.2, -0.15) is 0 Å². The van der Waals surface area contributed by atoms with E-state index in [4.69, 9.17) is 45.6 Å². The first-order valence-electron chi connectivity index (χ1n) is 20.8. The van der Waals surface area contributed by atoms with Crippen LogP contribution in [0, 0.1) is 0 Å². The number of nitrogens with one attached hydrogen (secondary N) is 2. The highest BCUT2D eigenvalue weighted by Crippen LogP contribution is 2.38. The molecule has 330 valence electrons. The molecule has 0 radical (unpaired) electrons. The second-order valence-electron chi connectivity index (χ2n) is 16.2. The maximum Gasteiger partial charge on any atom is 0.414 e. The summed E-state index contributed by atoms with van der Waals surface area (Å²) >= 11 is 0. The third kappa shape index (κ3) is 17.7. The van der Waals surface area contributed by atoms with Crippen LogP contribution in [0.4, 0.5) is 9.59 Å². The molecule has 0 bridgehead atoms. The number of nitrogens with zero attached hydrogens (tertiary/aromatic N) is 1. The summed E-state index contributed by atoms with van der Waals surface area (Å²) in [6.45, 7) is 13.8. The zero-order chi connectivity index (χ0) is 44.3. The van der Waals surface area contributed by atoms with Crippen LogP contribution in [-0.4, -0.2) is 82.0 Å². The van der Waals surface area contributed by atoms with E-state index in [0.717, 1.165) is 46.2 Å². The Labute approximate surface area is 360 Å². The van der Waals surface area contributed by atoms with Crippen molar-refractivity contribution in [1.29, 1.82) is 0 Å². The molecule has 14 nitrogen and oxygen atoms in total. The molecule has 0 fully saturated rings. The first-order valence-corrected chi connectivity index (χ1v) is 20.8. The molecule has 0 saturated heterocycles. The fourth-order valence-corrected chi connectivity index (χ4v) is 5.74. The molecular weight excluding hydrogens is 777 g/mol. The molecule has 0 heterocycles. The number of guanidine groups is 1. The summed E-state index contributed by atoms with van der Waals surface area (Å²) in [5, 5.41) is 5.01. The molecule has 8 N–H and O–H groups in total. The summed E-state index contributed by atoms with van der Waals surface area (Å²) in [4.78, 5) is 29.5. The standard InChI is InChI=1S/C47H64N6O8/c1-46(2,3)60-44(54)52-43(53-45(55)61-47(4,5)6)51-19-13-23-59-42-30-38(29-41(32-42)58-22-12-18-50)36-25-34(33-14-8-7-9-15-33)24-35(26-36)37-27-39(56-20-10-16-48)31-40(28-37)57-21-11-17-49/h7-9,14-15,24-32H,10-13,16-23,48-50H2,1-6H3,(H2,51,52,53,54,55). The Morgan fingerprint density at radius 2 is 0.836 bits per heavy atom. The third-order valence-corrected chi connectivity index (χ3v) is 8.40. The van der Waals surface area contributed by atoms with Crippen molar-refractivity contribution in [3.8, 4) is 56.4 Å². The molecule has 0 aliphatic carbocycles. The number of carbonyl (C=O) groups is 2. The van der Waals surface area contributed by atoms with Gasteiger partial charge in [-0.05, 0) is 156 Å². The third-order valence-electron chi connectivity index (χ3n) is 8.40. The summed E-state index contributed by atoms with van der Waals surface area (Å²) in [7, 11) is 0. The van der Waals surface area contributed by atoms with Gasteiger partial charge in [-0.15, -0.1) is 0 Å². The van der Waals surface area contributed by atoms with E-state index < -0.39 is 23.4 Å². The number of ether oxygens (including phenoxy) is 6. The maximum absolute atomic E-state index is 12.5.